The lowest BCUT2D eigenvalue weighted by atomic mass is 10.1. The molecule has 0 aliphatic carbocycles. The van der Waals surface area contributed by atoms with E-state index < -0.39 is 29.8 Å². The number of hydrogen-bond acceptors (Lipinski definition) is 5. The predicted molar refractivity (Wildman–Crippen MR) is 118 cm³/mol. The normalized spacial score (nSPS) is 11.9. The molecule has 0 unspecified atom stereocenters. The predicted octanol–water partition coefficient (Wildman–Crippen LogP) is 4.29. The highest BCUT2D eigenvalue weighted by molar-refractivity contribution is 6.01. The van der Waals surface area contributed by atoms with E-state index in [1.807, 2.05) is 0 Å². The first-order valence-electron chi connectivity index (χ1n) is 10.1. The lowest BCUT2D eigenvalue weighted by Crippen LogP contribution is -2.28. The smallest absolute Gasteiger partial charge is 0.418 e. The fraction of sp³-hybridized carbons (Fsp3) is 0.130. The van der Waals surface area contributed by atoms with E-state index in [9.17, 15) is 22.8 Å². The van der Waals surface area contributed by atoms with Crippen LogP contribution in [-0.4, -0.2) is 25.2 Å². The zero-order valence-corrected chi connectivity index (χ0v) is 17.6. The molecule has 3 heterocycles. The van der Waals surface area contributed by atoms with Gasteiger partial charge in [0, 0.05) is 11.5 Å². The van der Waals surface area contributed by atoms with Crippen LogP contribution in [0.1, 0.15) is 11.3 Å². The summed E-state index contributed by atoms with van der Waals surface area (Å²) in [5.74, 6) is -0.616. The molecule has 0 radical (unpaired) electrons. The van der Waals surface area contributed by atoms with E-state index >= 15 is 0 Å². The summed E-state index contributed by atoms with van der Waals surface area (Å²) in [4.78, 5) is 29.8. The Morgan fingerprint density at radius 1 is 1.12 bits per heavy atom. The number of aryl methyl sites for hydroxylation is 1. The lowest BCUT2D eigenvalue weighted by molar-refractivity contribution is -0.137. The molecule has 0 saturated heterocycles. The molecule has 0 spiro atoms. The Hall–Kier alpha value is -4.41. The van der Waals surface area contributed by atoms with Crippen molar-refractivity contribution in [1.82, 2.24) is 19.3 Å². The number of alkyl halides is 3. The monoisotopic (exact) mass is 467 g/mol. The first-order chi connectivity index (χ1) is 16.2. The zero-order chi connectivity index (χ0) is 24.0. The minimum Gasteiger partial charge on any atom is -0.448 e. The minimum atomic E-state index is -4.61. The summed E-state index contributed by atoms with van der Waals surface area (Å²) in [6, 6.07) is 13.4. The van der Waals surface area contributed by atoms with Gasteiger partial charge in [0.2, 0.25) is 11.5 Å². The molecule has 0 atom stereocenters. The van der Waals surface area contributed by atoms with Crippen molar-refractivity contribution in [2.45, 2.75) is 19.6 Å². The lowest BCUT2D eigenvalue weighted by Gasteiger charge is -2.15. The molecule has 1 N–H and O–H groups in total. The van der Waals surface area contributed by atoms with Crippen LogP contribution < -0.4 is 10.9 Å². The first-order valence-corrected chi connectivity index (χ1v) is 10.1. The van der Waals surface area contributed by atoms with E-state index in [4.69, 9.17) is 4.42 Å². The number of rotatable bonds is 4. The SMILES string of the molecule is Cc1cc(NC(=O)Cn2cnc3c(oc4ccccc43)c2=O)n(-c2ccccc2C(F)(F)F)n1. The van der Waals surface area contributed by atoms with E-state index in [1.165, 1.54) is 30.6 Å². The van der Waals surface area contributed by atoms with Crippen molar-refractivity contribution in [3.05, 3.63) is 82.5 Å². The number of anilines is 1. The highest BCUT2D eigenvalue weighted by Gasteiger charge is 2.34. The summed E-state index contributed by atoms with van der Waals surface area (Å²) in [6.07, 6.45) is -3.38. The Balaban J connectivity index is 1.46. The van der Waals surface area contributed by atoms with Gasteiger partial charge >= 0.3 is 6.18 Å². The maximum absolute atomic E-state index is 13.5. The largest absolute Gasteiger partial charge is 0.448 e. The van der Waals surface area contributed by atoms with Gasteiger partial charge in [-0.05, 0) is 31.2 Å². The Morgan fingerprint density at radius 2 is 1.85 bits per heavy atom. The number of nitrogens with zero attached hydrogens (tertiary/aromatic N) is 4. The van der Waals surface area contributed by atoms with Crippen molar-refractivity contribution < 1.29 is 22.4 Å². The van der Waals surface area contributed by atoms with Crippen molar-refractivity contribution in [3.63, 3.8) is 0 Å². The minimum absolute atomic E-state index is 0.0106. The van der Waals surface area contributed by atoms with Gasteiger partial charge in [-0.2, -0.15) is 18.3 Å². The van der Waals surface area contributed by atoms with Gasteiger partial charge in [-0.25, -0.2) is 9.67 Å². The Kier molecular flexibility index (Phi) is 4.96. The molecular weight excluding hydrogens is 451 g/mol. The van der Waals surface area contributed by atoms with Crippen LogP contribution in [0.2, 0.25) is 0 Å². The van der Waals surface area contributed by atoms with Gasteiger partial charge in [-0.1, -0.05) is 24.3 Å². The van der Waals surface area contributed by atoms with Gasteiger partial charge < -0.3 is 9.73 Å². The number of carbonyl (C=O) groups excluding carboxylic acids is 1. The highest BCUT2D eigenvalue weighted by Crippen LogP contribution is 2.34. The second kappa shape index (κ2) is 7.87. The Morgan fingerprint density at radius 3 is 2.65 bits per heavy atom. The van der Waals surface area contributed by atoms with E-state index in [0.717, 1.165) is 15.3 Å². The molecule has 0 aliphatic rings. The molecule has 0 fully saturated rings. The molecule has 5 rings (SSSR count). The number of furan rings is 1. The molecule has 5 aromatic rings. The molecule has 11 heteroatoms. The Bertz CT molecular complexity index is 1610. The van der Waals surface area contributed by atoms with Gasteiger partial charge in [0.15, 0.2) is 0 Å². The molecule has 0 aliphatic heterocycles. The molecule has 0 saturated carbocycles. The number of hydrogen-bond donors (Lipinski definition) is 1. The summed E-state index contributed by atoms with van der Waals surface area (Å²) in [5.41, 5.74) is -0.401. The molecular formula is C23H16F3N5O3. The maximum atomic E-state index is 13.5. The molecule has 172 valence electrons. The average Bonchev–Trinajstić information content (AvgIpc) is 3.35. The third-order valence-corrected chi connectivity index (χ3v) is 5.20. The summed E-state index contributed by atoms with van der Waals surface area (Å²) in [6.45, 7) is 1.16. The standard InChI is InChI=1S/C23H16F3N5O3/c1-13-10-18(31(29-13)16-8-4-3-7-15(16)23(24,25)26)28-19(32)11-30-12-27-20-14-6-2-5-9-17(14)34-21(20)22(30)33/h2-10,12H,11H2,1H3,(H,28,32). The van der Waals surface area contributed by atoms with E-state index in [1.54, 1.807) is 31.2 Å². The summed E-state index contributed by atoms with van der Waals surface area (Å²) < 4.78 is 48.1. The molecule has 2 aromatic carbocycles. The number of amides is 1. The molecule has 3 aromatic heterocycles. The Labute approximate surface area is 189 Å². The van der Waals surface area contributed by atoms with E-state index in [0.29, 0.717) is 22.2 Å². The molecule has 34 heavy (non-hydrogen) atoms. The zero-order valence-electron chi connectivity index (χ0n) is 17.6. The number of halogens is 3. The average molecular weight is 467 g/mol. The fourth-order valence-electron chi connectivity index (χ4n) is 3.74. The summed E-state index contributed by atoms with van der Waals surface area (Å²) >= 11 is 0. The molecule has 1 amide bonds. The first kappa shape index (κ1) is 21.4. The third kappa shape index (κ3) is 3.70. The van der Waals surface area contributed by atoms with Crippen LogP contribution in [-0.2, 0) is 17.5 Å². The summed E-state index contributed by atoms with van der Waals surface area (Å²) in [5, 5.41) is 7.31. The van der Waals surface area contributed by atoms with Crippen LogP contribution in [0.25, 0.3) is 27.8 Å². The van der Waals surface area contributed by atoms with Crippen molar-refractivity contribution in [3.8, 4) is 5.69 Å². The van der Waals surface area contributed by atoms with Crippen molar-refractivity contribution in [2.24, 2.45) is 0 Å². The highest BCUT2D eigenvalue weighted by atomic mass is 19.4. The number of nitrogens with one attached hydrogen (secondary N) is 1. The van der Waals surface area contributed by atoms with Gasteiger partial charge in [0.25, 0.3) is 5.56 Å². The summed E-state index contributed by atoms with van der Waals surface area (Å²) in [7, 11) is 0. The molecule has 8 nitrogen and oxygen atoms in total. The number of aromatic nitrogens is 4. The second-order valence-corrected chi connectivity index (χ2v) is 7.60. The van der Waals surface area contributed by atoms with Crippen LogP contribution in [0.4, 0.5) is 19.0 Å². The van der Waals surface area contributed by atoms with E-state index in [-0.39, 0.29) is 17.1 Å². The van der Waals surface area contributed by atoms with Crippen LogP contribution >= 0.6 is 0 Å². The van der Waals surface area contributed by atoms with Crippen molar-refractivity contribution in [2.75, 3.05) is 5.32 Å². The number of para-hydroxylation sites is 2. The van der Waals surface area contributed by atoms with Gasteiger partial charge in [0.05, 0.1) is 23.3 Å². The van der Waals surface area contributed by atoms with Crippen LogP contribution in [0.15, 0.2) is 70.1 Å². The van der Waals surface area contributed by atoms with E-state index in [2.05, 4.69) is 15.4 Å². The molecule has 0 bridgehead atoms. The quantitative estimate of drug-likeness (QED) is 0.426. The third-order valence-electron chi connectivity index (χ3n) is 5.20. The maximum Gasteiger partial charge on any atom is 0.418 e. The van der Waals surface area contributed by atoms with Gasteiger partial charge in [0.1, 0.15) is 23.5 Å². The number of carbonyl (C=O) groups is 1. The number of fused-ring (bicyclic) bond motifs is 3. The number of benzene rings is 2. The topological polar surface area (TPSA) is 95.0 Å². The van der Waals surface area contributed by atoms with Crippen LogP contribution in [0.3, 0.4) is 0 Å². The second-order valence-electron chi connectivity index (χ2n) is 7.60. The van der Waals surface area contributed by atoms with Gasteiger partial charge in [-0.3, -0.25) is 14.2 Å². The van der Waals surface area contributed by atoms with Crippen LogP contribution in [0, 0.1) is 6.92 Å². The van der Waals surface area contributed by atoms with Crippen molar-refractivity contribution >= 4 is 33.8 Å². The fourth-order valence-corrected chi connectivity index (χ4v) is 3.74. The van der Waals surface area contributed by atoms with Crippen molar-refractivity contribution in [1.29, 1.82) is 0 Å². The van der Waals surface area contributed by atoms with Gasteiger partial charge in [-0.15, -0.1) is 0 Å². The van der Waals surface area contributed by atoms with Crippen LogP contribution in [0.5, 0.6) is 0 Å².